The fourth-order valence-corrected chi connectivity index (χ4v) is 3.30. The quantitative estimate of drug-likeness (QED) is 0.838. The molecular formula is C19H30N2O2S. The maximum atomic E-state index is 12.5. The zero-order valence-corrected chi connectivity index (χ0v) is 16.1. The van der Waals surface area contributed by atoms with Gasteiger partial charge in [0.2, 0.25) is 0 Å². The average Bonchev–Trinajstić information content (AvgIpc) is 2.46. The van der Waals surface area contributed by atoms with Gasteiger partial charge in [-0.15, -0.1) is 0 Å². The summed E-state index contributed by atoms with van der Waals surface area (Å²) < 4.78 is 5.59. The van der Waals surface area contributed by atoms with Crippen molar-refractivity contribution in [2.45, 2.75) is 57.6 Å². The van der Waals surface area contributed by atoms with Crippen LogP contribution in [0.2, 0.25) is 0 Å². The van der Waals surface area contributed by atoms with Crippen LogP contribution in [0, 0.1) is 0 Å². The summed E-state index contributed by atoms with van der Waals surface area (Å²) in [6, 6.07) is 10.6. The number of hydrogen-bond donors (Lipinski definition) is 1. The second-order valence-electron chi connectivity index (χ2n) is 7.63. The third kappa shape index (κ3) is 6.02. The molecule has 1 saturated heterocycles. The molecule has 1 unspecified atom stereocenters. The van der Waals surface area contributed by atoms with Crippen LogP contribution in [0.4, 0.5) is 4.79 Å². The highest BCUT2D eigenvalue weighted by Gasteiger charge is 2.33. The molecule has 24 heavy (non-hydrogen) atoms. The van der Waals surface area contributed by atoms with Crippen molar-refractivity contribution >= 4 is 18.7 Å². The van der Waals surface area contributed by atoms with Gasteiger partial charge in [-0.2, -0.15) is 12.6 Å². The molecule has 1 heterocycles. The molecule has 2 rings (SSSR count). The van der Waals surface area contributed by atoms with Gasteiger partial charge < -0.3 is 9.64 Å². The van der Waals surface area contributed by atoms with Crippen LogP contribution in [-0.2, 0) is 11.3 Å². The number of amides is 1. The molecule has 0 saturated carbocycles. The number of carbonyl (C=O) groups excluding carboxylic acids is 1. The predicted octanol–water partition coefficient (Wildman–Crippen LogP) is 3.82. The fourth-order valence-electron chi connectivity index (χ4n) is 3.06. The first-order chi connectivity index (χ1) is 11.2. The number of carbonyl (C=O) groups is 1. The molecule has 0 bridgehead atoms. The molecule has 1 aromatic rings. The first-order valence-electron chi connectivity index (χ1n) is 8.68. The van der Waals surface area contributed by atoms with E-state index in [4.69, 9.17) is 4.74 Å². The minimum atomic E-state index is -0.463. The van der Waals surface area contributed by atoms with Gasteiger partial charge in [0.05, 0.1) is 0 Å². The van der Waals surface area contributed by atoms with E-state index in [0.29, 0.717) is 6.54 Å². The molecule has 5 heteroatoms. The van der Waals surface area contributed by atoms with Crippen molar-refractivity contribution in [1.29, 1.82) is 0 Å². The first kappa shape index (κ1) is 19.1. The molecule has 1 aliphatic heterocycles. The highest BCUT2D eigenvalue weighted by molar-refractivity contribution is 7.80. The largest absolute Gasteiger partial charge is 0.444 e. The van der Waals surface area contributed by atoms with Gasteiger partial charge in [-0.05, 0) is 32.8 Å². The molecule has 4 nitrogen and oxygen atoms in total. The van der Waals surface area contributed by atoms with Crippen LogP contribution in [0.15, 0.2) is 30.3 Å². The smallest absolute Gasteiger partial charge is 0.410 e. The van der Waals surface area contributed by atoms with Gasteiger partial charge in [-0.3, -0.25) is 4.90 Å². The summed E-state index contributed by atoms with van der Waals surface area (Å²) >= 11 is 4.54. The van der Waals surface area contributed by atoms with E-state index in [2.05, 4.69) is 48.7 Å². The summed E-state index contributed by atoms with van der Waals surface area (Å²) in [6.07, 6.45) is 0.661. The molecule has 0 spiro atoms. The van der Waals surface area contributed by atoms with Crippen molar-refractivity contribution in [1.82, 2.24) is 9.80 Å². The lowest BCUT2D eigenvalue weighted by Crippen LogP contribution is -2.56. The Labute approximate surface area is 151 Å². The van der Waals surface area contributed by atoms with Gasteiger partial charge >= 0.3 is 6.09 Å². The van der Waals surface area contributed by atoms with E-state index < -0.39 is 5.60 Å². The number of hydrogen-bond acceptors (Lipinski definition) is 4. The fraction of sp³-hybridized carbons (Fsp3) is 0.632. The van der Waals surface area contributed by atoms with Gasteiger partial charge in [0, 0.05) is 37.5 Å². The maximum absolute atomic E-state index is 12.5. The van der Waals surface area contributed by atoms with Crippen LogP contribution < -0.4 is 0 Å². The normalized spacial score (nSPS) is 20.7. The molecule has 0 aromatic heterocycles. The van der Waals surface area contributed by atoms with E-state index in [9.17, 15) is 4.79 Å². The van der Waals surface area contributed by atoms with E-state index in [0.717, 1.165) is 26.1 Å². The SMILES string of the molecule is CC(S)C[C@H]1CN(Cc2ccccc2)CCN1C(=O)OC(C)(C)C. The summed E-state index contributed by atoms with van der Waals surface area (Å²) in [5, 5.41) is 0.247. The minimum Gasteiger partial charge on any atom is -0.444 e. The number of piperazine rings is 1. The van der Waals surface area contributed by atoms with Gasteiger partial charge in [0.25, 0.3) is 0 Å². The Bertz CT molecular complexity index is 528. The van der Waals surface area contributed by atoms with Gasteiger partial charge in [-0.25, -0.2) is 4.79 Å². The molecule has 0 aliphatic carbocycles. The van der Waals surface area contributed by atoms with E-state index in [1.807, 2.05) is 31.7 Å². The molecule has 134 valence electrons. The summed E-state index contributed by atoms with van der Waals surface area (Å²) in [4.78, 5) is 16.8. The second kappa shape index (κ2) is 8.26. The van der Waals surface area contributed by atoms with Crippen LogP contribution in [0.5, 0.6) is 0 Å². The van der Waals surface area contributed by atoms with Crippen LogP contribution in [0.1, 0.15) is 39.7 Å². The van der Waals surface area contributed by atoms with Crippen molar-refractivity contribution in [3.63, 3.8) is 0 Å². The molecule has 0 N–H and O–H groups in total. The number of nitrogens with zero attached hydrogens (tertiary/aromatic N) is 2. The summed E-state index contributed by atoms with van der Waals surface area (Å²) in [6.45, 7) is 11.1. The van der Waals surface area contributed by atoms with Gasteiger partial charge in [0.15, 0.2) is 0 Å². The van der Waals surface area contributed by atoms with E-state index in [1.165, 1.54) is 5.56 Å². The topological polar surface area (TPSA) is 32.8 Å². The Kier molecular flexibility index (Phi) is 6.58. The first-order valence-corrected chi connectivity index (χ1v) is 9.20. The molecule has 1 aliphatic rings. The predicted molar refractivity (Wildman–Crippen MR) is 102 cm³/mol. The van der Waals surface area contributed by atoms with Crippen LogP contribution in [-0.4, -0.2) is 52.4 Å². The Morgan fingerprint density at radius 1 is 1.29 bits per heavy atom. The zero-order valence-electron chi connectivity index (χ0n) is 15.2. The van der Waals surface area contributed by atoms with Crippen molar-refractivity contribution < 1.29 is 9.53 Å². The highest BCUT2D eigenvalue weighted by atomic mass is 32.1. The third-order valence-corrected chi connectivity index (χ3v) is 4.27. The highest BCUT2D eigenvalue weighted by Crippen LogP contribution is 2.21. The van der Waals surface area contributed by atoms with Crippen molar-refractivity contribution in [3.8, 4) is 0 Å². The molecule has 1 amide bonds. The van der Waals surface area contributed by atoms with Crippen LogP contribution in [0.25, 0.3) is 0 Å². The van der Waals surface area contributed by atoms with Crippen molar-refractivity contribution in [2.75, 3.05) is 19.6 Å². The number of benzene rings is 1. The Balaban J connectivity index is 2.02. The Hall–Kier alpha value is -1.20. The number of rotatable bonds is 4. The van der Waals surface area contributed by atoms with E-state index >= 15 is 0 Å². The molecule has 1 aromatic carbocycles. The zero-order chi connectivity index (χ0) is 17.7. The second-order valence-corrected chi connectivity index (χ2v) is 8.51. The maximum Gasteiger partial charge on any atom is 0.410 e. The molecule has 0 radical (unpaired) electrons. The third-order valence-electron chi connectivity index (χ3n) is 4.06. The van der Waals surface area contributed by atoms with E-state index in [1.54, 1.807) is 0 Å². The molecule has 1 fully saturated rings. The van der Waals surface area contributed by atoms with E-state index in [-0.39, 0.29) is 17.4 Å². The summed E-state index contributed by atoms with van der Waals surface area (Å²) in [5.41, 5.74) is 0.843. The van der Waals surface area contributed by atoms with Crippen molar-refractivity contribution in [3.05, 3.63) is 35.9 Å². The minimum absolute atomic E-state index is 0.143. The Morgan fingerprint density at radius 3 is 2.54 bits per heavy atom. The lowest BCUT2D eigenvalue weighted by Gasteiger charge is -2.42. The van der Waals surface area contributed by atoms with Crippen LogP contribution in [0.3, 0.4) is 0 Å². The monoisotopic (exact) mass is 350 g/mol. The Morgan fingerprint density at radius 2 is 1.96 bits per heavy atom. The van der Waals surface area contributed by atoms with Crippen LogP contribution >= 0.6 is 12.6 Å². The lowest BCUT2D eigenvalue weighted by molar-refractivity contribution is -0.00359. The summed E-state index contributed by atoms with van der Waals surface area (Å²) in [5.74, 6) is 0. The number of ether oxygens (including phenoxy) is 1. The number of thiol groups is 1. The van der Waals surface area contributed by atoms with Crippen molar-refractivity contribution in [2.24, 2.45) is 0 Å². The average molecular weight is 351 g/mol. The lowest BCUT2D eigenvalue weighted by atomic mass is 10.1. The molecule has 2 atom stereocenters. The molecular weight excluding hydrogens is 320 g/mol. The standard InChI is InChI=1S/C19H30N2O2S/c1-15(24)12-17-14-20(13-16-8-6-5-7-9-16)10-11-21(17)18(22)23-19(2,3)4/h5-9,15,17,24H,10-14H2,1-4H3/t15?,17-/m0/s1. The summed E-state index contributed by atoms with van der Waals surface area (Å²) in [7, 11) is 0. The van der Waals surface area contributed by atoms with Gasteiger partial charge in [0.1, 0.15) is 5.60 Å². The van der Waals surface area contributed by atoms with Gasteiger partial charge in [-0.1, -0.05) is 37.3 Å².